The van der Waals surface area contributed by atoms with E-state index in [1.54, 1.807) is 0 Å². The van der Waals surface area contributed by atoms with Crippen molar-refractivity contribution in [3.63, 3.8) is 0 Å². The van der Waals surface area contributed by atoms with Gasteiger partial charge in [0.25, 0.3) is 0 Å². The summed E-state index contributed by atoms with van der Waals surface area (Å²) in [7, 11) is 1.45. The predicted molar refractivity (Wildman–Crippen MR) is 57.5 cm³/mol. The first-order valence-electron chi connectivity index (χ1n) is 5.58. The van der Waals surface area contributed by atoms with Crippen LogP contribution in [-0.4, -0.2) is 49.7 Å². The topological polar surface area (TPSA) is 41.6 Å². The number of ether oxygens (including phenoxy) is 1. The van der Waals surface area contributed by atoms with E-state index in [9.17, 15) is 4.79 Å². The molecule has 0 aliphatic carbocycles. The number of likely N-dealkylation sites (tertiary alicyclic amines) is 1. The number of fused-ring (bicyclic) bond motifs is 1. The Kier molecular flexibility index (Phi) is 2.73. The molecule has 0 radical (unpaired) electrons. The SMILES string of the molecule is COC(=O)CN1CC2CNCC2C1(C)C. The van der Waals surface area contributed by atoms with E-state index in [-0.39, 0.29) is 11.5 Å². The molecule has 0 aromatic rings. The highest BCUT2D eigenvalue weighted by Crippen LogP contribution is 2.40. The maximum atomic E-state index is 11.3. The van der Waals surface area contributed by atoms with E-state index in [0.29, 0.717) is 18.4 Å². The van der Waals surface area contributed by atoms with Crippen LogP contribution in [0.5, 0.6) is 0 Å². The van der Waals surface area contributed by atoms with Gasteiger partial charge in [-0.25, -0.2) is 0 Å². The minimum Gasteiger partial charge on any atom is -0.468 e. The van der Waals surface area contributed by atoms with Crippen molar-refractivity contribution in [3.05, 3.63) is 0 Å². The van der Waals surface area contributed by atoms with E-state index in [2.05, 4.69) is 24.1 Å². The van der Waals surface area contributed by atoms with Crippen molar-refractivity contribution in [2.75, 3.05) is 33.3 Å². The Morgan fingerprint density at radius 3 is 2.87 bits per heavy atom. The van der Waals surface area contributed by atoms with E-state index in [1.807, 2.05) is 0 Å². The van der Waals surface area contributed by atoms with Gasteiger partial charge in [-0.2, -0.15) is 0 Å². The lowest BCUT2D eigenvalue weighted by Gasteiger charge is -2.34. The van der Waals surface area contributed by atoms with E-state index in [0.717, 1.165) is 19.6 Å². The van der Waals surface area contributed by atoms with E-state index < -0.39 is 0 Å². The summed E-state index contributed by atoms with van der Waals surface area (Å²) in [4.78, 5) is 13.6. The molecule has 0 aromatic heterocycles. The van der Waals surface area contributed by atoms with Gasteiger partial charge < -0.3 is 10.1 Å². The lowest BCUT2D eigenvalue weighted by atomic mass is 9.85. The first-order valence-corrected chi connectivity index (χ1v) is 5.58. The Morgan fingerprint density at radius 2 is 2.27 bits per heavy atom. The summed E-state index contributed by atoms with van der Waals surface area (Å²) in [6.07, 6.45) is 0. The molecule has 2 aliphatic heterocycles. The average molecular weight is 212 g/mol. The van der Waals surface area contributed by atoms with Crippen LogP contribution in [0.2, 0.25) is 0 Å². The van der Waals surface area contributed by atoms with Crippen LogP contribution in [0.3, 0.4) is 0 Å². The Hall–Kier alpha value is -0.610. The van der Waals surface area contributed by atoms with Crippen LogP contribution in [-0.2, 0) is 9.53 Å². The molecule has 2 aliphatic rings. The lowest BCUT2D eigenvalue weighted by molar-refractivity contribution is -0.143. The van der Waals surface area contributed by atoms with E-state index in [4.69, 9.17) is 4.74 Å². The summed E-state index contributed by atoms with van der Waals surface area (Å²) >= 11 is 0. The van der Waals surface area contributed by atoms with Gasteiger partial charge in [-0.1, -0.05) is 0 Å². The van der Waals surface area contributed by atoms with Crippen LogP contribution >= 0.6 is 0 Å². The minimum atomic E-state index is -0.129. The second kappa shape index (κ2) is 3.76. The molecule has 4 heteroatoms. The molecule has 15 heavy (non-hydrogen) atoms. The normalized spacial score (nSPS) is 34.1. The lowest BCUT2D eigenvalue weighted by Crippen LogP contribution is -2.46. The van der Waals surface area contributed by atoms with Crippen LogP contribution in [0, 0.1) is 11.8 Å². The highest BCUT2D eigenvalue weighted by Gasteiger charge is 2.49. The Balaban J connectivity index is 2.05. The van der Waals surface area contributed by atoms with E-state index in [1.165, 1.54) is 7.11 Å². The maximum absolute atomic E-state index is 11.3. The summed E-state index contributed by atoms with van der Waals surface area (Å²) in [5.41, 5.74) is 0.113. The van der Waals surface area contributed by atoms with Gasteiger partial charge in [0, 0.05) is 18.6 Å². The van der Waals surface area contributed by atoms with Gasteiger partial charge in [0.2, 0.25) is 0 Å². The predicted octanol–water partition coefficient (Wildman–Crippen LogP) is 0.0892. The van der Waals surface area contributed by atoms with Crippen molar-refractivity contribution >= 4 is 5.97 Å². The third-order valence-corrected chi connectivity index (χ3v) is 4.06. The number of nitrogens with one attached hydrogen (secondary N) is 1. The highest BCUT2D eigenvalue weighted by molar-refractivity contribution is 5.71. The number of methoxy groups -OCH3 is 1. The van der Waals surface area contributed by atoms with Crippen LogP contribution in [0.25, 0.3) is 0 Å². The number of carbonyl (C=O) groups excluding carboxylic acids is 1. The van der Waals surface area contributed by atoms with E-state index >= 15 is 0 Å². The van der Waals surface area contributed by atoms with Gasteiger partial charge in [0.05, 0.1) is 13.7 Å². The third kappa shape index (κ3) is 1.76. The molecule has 86 valence electrons. The molecule has 2 heterocycles. The van der Waals surface area contributed by atoms with Gasteiger partial charge >= 0.3 is 5.97 Å². The molecule has 2 unspecified atom stereocenters. The summed E-state index contributed by atoms with van der Waals surface area (Å²) in [6.45, 7) is 8.07. The largest absolute Gasteiger partial charge is 0.468 e. The first-order chi connectivity index (χ1) is 7.05. The fraction of sp³-hybridized carbons (Fsp3) is 0.909. The summed E-state index contributed by atoms with van der Waals surface area (Å²) < 4.78 is 4.73. The molecule has 0 aromatic carbocycles. The molecular weight excluding hydrogens is 192 g/mol. The van der Waals surface area contributed by atoms with Crippen molar-refractivity contribution in [1.82, 2.24) is 10.2 Å². The van der Waals surface area contributed by atoms with Crippen molar-refractivity contribution in [1.29, 1.82) is 0 Å². The van der Waals surface area contributed by atoms with Crippen molar-refractivity contribution in [3.8, 4) is 0 Å². The zero-order valence-electron chi connectivity index (χ0n) is 9.75. The Bertz CT molecular complexity index is 265. The average Bonchev–Trinajstić information content (AvgIpc) is 2.71. The smallest absolute Gasteiger partial charge is 0.319 e. The van der Waals surface area contributed by atoms with Crippen molar-refractivity contribution in [2.45, 2.75) is 19.4 Å². The molecule has 2 fully saturated rings. The third-order valence-electron chi connectivity index (χ3n) is 4.06. The molecule has 2 saturated heterocycles. The van der Waals surface area contributed by atoms with Crippen molar-refractivity contribution in [2.24, 2.45) is 11.8 Å². The Morgan fingerprint density at radius 1 is 1.53 bits per heavy atom. The van der Waals surface area contributed by atoms with Crippen LogP contribution in [0.15, 0.2) is 0 Å². The molecular formula is C11H20N2O2. The molecule has 2 atom stereocenters. The van der Waals surface area contributed by atoms with Gasteiger partial charge in [0.15, 0.2) is 0 Å². The molecule has 0 saturated carbocycles. The molecule has 2 rings (SSSR count). The molecule has 4 nitrogen and oxygen atoms in total. The monoisotopic (exact) mass is 212 g/mol. The molecule has 0 bridgehead atoms. The standard InChI is InChI=1S/C11H20N2O2/c1-11(2)9-5-12-4-8(9)6-13(11)7-10(14)15-3/h8-9,12H,4-7H2,1-3H3. The number of nitrogens with zero attached hydrogens (tertiary/aromatic N) is 1. The number of carbonyl (C=O) groups is 1. The number of rotatable bonds is 2. The molecule has 0 spiro atoms. The van der Waals surface area contributed by atoms with Gasteiger partial charge in [-0.3, -0.25) is 9.69 Å². The van der Waals surface area contributed by atoms with Gasteiger partial charge in [-0.05, 0) is 32.2 Å². The van der Waals surface area contributed by atoms with Crippen LogP contribution in [0.4, 0.5) is 0 Å². The number of hydrogen-bond acceptors (Lipinski definition) is 4. The van der Waals surface area contributed by atoms with Crippen LogP contribution in [0.1, 0.15) is 13.8 Å². The zero-order chi connectivity index (χ0) is 11.1. The fourth-order valence-corrected chi connectivity index (χ4v) is 2.99. The van der Waals surface area contributed by atoms with Gasteiger partial charge in [0.1, 0.15) is 0 Å². The first kappa shape index (κ1) is 10.9. The summed E-state index contributed by atoms with van der Waals surface area (Å²) in [6, 6.07) is 0. The molecule has 0 amide bonds. The minimum absolute atomic E-state index is 0.113. The quantitative estimate of drug-likeness (QED) is 0.659. The van der Waals surface area contributed by atoms with Crippen molar-refractivity contribution < 1.29 is 9.53 Å². The fourth-order valence-electron chi connectivity index (χ4n) is 2.99. The second-order valence-corrected chi connectivity index (χ2v) is 5.14. The second-order valence-electron chi connectivity index (χ2n) is 5.14. The number of esters is 1. The number of hydrogen-bond donors (Lipinski definition) is 1. The summed E-state index contributed by atoms with van der Waals surface area (Å²) in [5.74, 6) is 1.24. The summed E-state index contributed by atoms with van der Waals surface area (Å²) in [5, 5.41) is 3.42. The zero-order valence-corrected chi connectivity index (χ0v) is 9.75. The molecule has 1 N–H and O–H groups in total. The maximum Gasteiger partial charge on any atom is 0.319 e. The van der Waals surface area contributed by atoms with Gasteiger partial charge in [-0.15, -0.1) is 0 Å². The highest BCUT2D eigenvalue weighted by atomic mass is 16.5. The van der Waals surface area contributed by atoms with Crippen LogP contribution < -0.4 is 5.32 Å². The Labute approximate surface area is 91.0 Å².